The predicted molar refractivity (Wildman–Crippen MR) is 69.1 cm³/mol. The summed E-state index contributed by atoms with van der Waals surface area (Å²) in [6.45, 7) is 2.42. The number of carbonyl (C=O) groups is 1. The zero-order chi connectivity index (χ0) is 13.0. The third kappa shape index (κ3) is 2.84. The molecule has 4 nitrogen and oxygen atoms in total. The summed E-state index contributed by atoms with van der Waals surface area (Å²) in [5, 5.41) is 0.979. The summed E-state index contributed by atoms with van der Waals surface area (Å²) < 4.78 is 10.7. The summed E-state index contributed by atoms with van der Waals surface area (Å²) in [5.41, 5.74) is 1.17. The highest BCUT2D eigenvalue weighted by atomic mass is 16.5. The molecule has 4 heteroatoms. The lowest BCUT2D eigenvalue weighted by molar-refractivity contribution is 0.0717. The summed E-state index contributed by atoms with van der Waals surface area (Å²) in [5.74, 6) is 0.724. The SMILES string of the molecule is CO[C@@H](C)COc1ccc2ccc(C=O)nc2c1. The maximum absolute atomic E-state index is 10.7. The zero-order valence-corrected chi connectivity index (χ0v) is 10.4. The number of hydrogen-bond acceptors (Lipinski definition) is 4. The first-order valence-electron chi connectivity index (χ1n) is 5.74. The number of fused-ring (bicyclic) bond motifs is 1. The fourth-order valence-corrected chi connectivity index (χ4v) is 1.55. The van der Waals surface area contributed by atoms with E-state index in [-0.39, 0.29) is 6.10 Å². The van der Waals surface area contributed by atoms with Crippen molar-refractivity contribution in [2.45, 2.75) is 13.0 Å². The molecule has 0 N–H and O–H groups in total. The molecule has 0 aliphatic carbocycles. The average Bonchev–Trinajstić information content (AvgIpc) is 2.43. The first-order chi connectivity index (χ1) is 8.72. The van der Waals surface area contributed by atoms with Crippen LogP contribution in [-0.2, 0) is 4.74 Å². The van der Waals surface area contributed by atoms with E-state index in [1.807, 2.05) is 31.2 Å². The van der Waals surface area contributed by atoms with Crippen molar-refractivity contribution in [1.29, 1.82) is 0 Å². The molecule has 2 aromatic rings. The number of methoxy groups -OCH3 is 1. The van der Waals surface area contributed by atoms with Gasteiger partial charge in [0.25, 0.3) is 0 Å². The topological polar surface area (TPSA) is 48.4 Å². The van der Waals surface area contributed by atoms with E-state index in [0.717, 1.165) is 22.9 Å². The Labute approximate surface area is 106 Å². The molecule has 0 saturated heterocycles. The van der Waals surface area contributed by atoms with Crippen LogP contribution in [0.3, 0.4) is 0 Å². The zero-order valence-electron chi connectivity index (χ0n) is 10.4. The third-order valence-corrected chi connectivity index (χ3v) is 2.69. The number of rotatable bonds is 5. The highest BCUT2D eigenvalue weighted by molar-refractivity contribution is 5.84. The largest absolute Gasteiger partial charge is 0.491 e. The summed E-state index contributed by atoms with van der Waals surface area (Å²) in [4.78, 5) is 14.9. The van der Waals surface area contributed by atoms with Crippen LogP contribution in [0.1, 0.15) is 17.4 Å². The molecular weight excluding hydrogens is 230 g/mol. The van der Waals surface area contributed by atoms with Gasteiger partial charge >= 0.3 is 0 Å². The Morgan fingerprint density at radius 2 is 2.11 bits per heavy atom. The number of aromatic nitrogens is 1. The molecule has 0 bridgehead atoms. The van der Waals surface area contributed by atoms with E-state index >= 15 is 0 Å². The Kier molecular flexibility index (Phi) is 3.89. The van der Waals surface area contributed by atoms with Crippen LogP contribution in [0.15, 0.2) is 30.3 Å². The van der Waals surface area contributed by atoms with Gasteiger partial charge < -0.3 is 9.47 Å². The molecule has 0 spiro atoms. The highest BCUT2D eigenvalue weighted by Gasteiger charge is 2.03. The molecule has 1 heterocycles. The van der Waals surface area contributed by atoms with Gasteiger partial charge in [-0.3, -0.25) is 4.79 Å². The van der Waals surface area contributed by atoms with Gasteiger partial charge in [-0.05, 0) is 25.1 Å². The lowest BCUT2D eigenvalue weighted by atomic mass is 10.2. The highest BCUT2D eigenvalue weighted by Crippen LogP contribution is 2.19. The molecule has 0 fully saturated rings. The predicted octanol–water partition coefficient (Wildman–Crippen LogP) is 2.46. The number of aldehydes is 1. The van der Waals surface area contributed by atoms with Crippen molar-refractivity contribution in [2.75, 3.05) is 13.7 Å². The van der Waals surface area contributed by atoms with Crippen LogP contribution in [0.5, 0.6) is 5.75 Å². The number of hydrogen-bond donors (Lipinski definition) is 0. The number of carbonyl (C=O) groups excluding carboxylic acids is 1. The molecular formula is C14H15NO3. The first kappa shape index (κ1) is 12.5. The Bertz CT molecular complexity index is 554. The van der Waals surface area contributed by atoms with Crippen LogP contribution in [0.4, 0.5) is 0 Å². The summed E-state index contributed by atoms with van der Waals surface area (Å²) in [7, 11) is 1.65. The number of nitrogens with zero attached hydrogens (tertiary/aromatic N) is 1. The second-order valence-electron chi connectivity index (χ2n) is 4.07. The van der Waals surface area contributed by atoms with Crippen molar-refractivity contribution in [3.8, 4) is 5.75 Å². The fraction of sp³-hybridized carbons (Fsp3) is 0.286. The molecule has 94 valence electrons. The molecule has 0 aliphatic heterocycles. The van der Waals surface area contributed by atoms with Gasteiger partial charge in [0, 0.05) is 18.6 Å². The van der Waals surface area contributed by atoms with E-state index < -0.39 is 0 Å². The standard InChI is InChI=1S/C14H15NO3/c1-10(17-2)9-18-13-6-4-11-3-5-12(8-16)15-14(11)7-13/h3-8,10H,9H2,1-2H3/t10-/m0/s1. The molecule has 0 aliphatic rings. The second-order valence-corrected chi connectivity index (χ2v) is 4.07. The van der Waals surface area contributed by atoms with Crippen LogP contribution in [0.25, 0.3) is 10.9 Å². The van der Waals surface area contributed by atoms with E-state index in [4.69, 9.17) is 9.47 Å². The Hall–Kier alpha value is -1.94. The smallest absolute Gasteiger partial charge is 0.168 e. The fourth-order valence-electron chi connectivity index (χ4n) is 1.55. The molecule has 18 heavy (non-hydrogen) atoms. The van der Waals surface area contributed by atoms with Gasteiger partial charge in [0.15, 0.2) is 6.29 Å². The van der Waals surface area contributed by atoms with E-state index in [2.05, 4.69) is 4.98 Å². The molecule has 2 rings (SSSR count). The van der Waals surface area contributed by atoms with Gasteiger partial charge in [-0.25, -0.2) is 4.98 Å². The molecule has 0 radical (unpaired) electrons. The van der Waals surface area contributed by atoms with Crippen molar-refractivity contribution >= 4 is 17.2 Å². The number of pyridine rings is 1. The maximum Gasteiger partial charge on any atom is 0.168 e. The quantitative estimate of drug-likeness (QED) is 0.759. The van der Waals surface area contributed by atoms with E-state index in [1.54, 1.807) is 13.2 Å². The third-order valence-electron chi connectivity index (χ3n) is 2.69. The van der Waals surface area contributed by atoms with E-state index in [9.17, 15) is 4.79 Å². The lowest BCUT2D eigenvalue weighted by Crippen LogP contribution is -2.15. The average molecular weight is 245 g/mol. The Balaban J connectivity index is 2.22. The van der Waals surface area contributed by atoms with Crippen LogP contribution in [0, 0.1) is 0 Å². The van der Waals surface area contributed by atoms with E-state index in [0.29, 0.717) is 12.3 Å². The maximum atomic E-state index is 10.7. The van der Waals surface area contributed by atoms with Crippen molar-refractivity contribution in [3.63, 3.8) is 0 Å². The van der Waals surface area contributed by atoms with Crippen molar-refractivity contribution in [1.82, 2.24) is 4.98 Å². The number of ether oxygens (including phenoxy) is 2. The van der Waals surface area contributed by atoms with Gasteiger partial charge in [0.05, 0.1) is 11.6 Å². The normalized spacial score (nSPS) is 12.3. The van der Waals surface area contributed by atoms with Gasteiger partial charge in [-0.15, -0.1) is 0 Å². The monoisotopic (exact) mass is 245 g/mol. The van der Waals surface area contributed by atoms with Gasteiger partial charge in [0.2, 0.25) is 0 Å². The van der Waals surface area contributed by atoms with Crippen molar-refractivity contribution < 1.29 is 14.3 Å². The first-order valence-corrected chi connectivity index (χ1v) is 5.74. The van der Waals surface area contributed by atoms with Crippen LogP contribution in [-0.4, -0.2) is 31.1 Å². The lowest BCUT2D eigenvalue weighted by Gasteiger charge is -2.11. The summed E-state index contributed by atoms with van der Waals surface area (Å²) >= 11 is 0. The summed E-state index contributed by atoms with van der Waals surface area (Å²) in [6, 6.07) is 9.19. The Morgan fingerprint density at radius 1 is 1.33 bits per heavy atom. The minimum absolute atomic E-state index is 0.0370. The molecule has 1 atom stereocenters. The number of benzene rings is 1. The van der Waals surface area contributed by atoms with Gasteiger partial charge in [-0.1, -0.05) is 6.07 Å². The second kappa shape index (κ2) is 5.60. The molecule has 0 saturated carbocycles. The van der Waals surface area contributed by atoms with Crippen LogP contribution >= 0.6 is 0 Å². The molecule has 0 amide bonds. The van der Waals surface area contributed by atoms with Gasteiger partial charge in [0.1, 0.15) is 18.1 Å². The van der Waals surface area contributed by atoms with E-state index in [1.165, 1.54) is 0 Å². The van der Waals surface area contributed by atoms with Crippen LogP contribution < -0.4 is 4.74 Å². The minimum atomic E-state index is 0.0370. The molecule has 0 unspecified atom stereocenters. The minimum Gasteiger partial charge on any atom is -0.491 e. The van der Waals surface area contributed by atoms with Crippen molar-refractivity contribution in [2.24, 2.45) is 0 Å². The van der Waals surface area contributed by atoms with Gasteiger partial charge in [-0.2, -0.15) is 0 Å². The molecule has 1 aromatic heterocycles. The summed E-state index contributed by atoms with van der Waals surface area (Å²) in [6.07, 6.45) is 0.773. The van der Waals surface area contributed by atoms with Crippen LogP contribution in [0.2, 0.25) is 0 Å². The Morgan fingerprint density at radius 3 is 2.83 bits per heavy atom. The van der Waals surface area contributed by atoms with Crippen molar-refractivity contribution in [3.05, 3.63) is 36.0 Å². The molecule has 1 aromatic carbocycles.